The zero-order valence-electron chi connectivity index (χ0n) is 11.3. The Bertz CT molecular complexity index is 586. The first kappa shape index (κ1) is 14.3. The molecule has 7 heteroatoms. The van der Waals surface area contributed by atoms with E-state index in [9.17, 15) is 10.1 Å². The summed E-state index contributed by atoms with van der Waals surface area (Å²) in [5, 5.41) is 19.0. The van der Waals surface area contributed by atoms with Crippen LogP contribution in [0.2, 0.25) is 0 Å². The summed E-state index contributed by atoms with van der Waals surface area (Å²) in [7, 11) is 1.73. The maximum Gasteiger partial charge on any atom is 0.311 e. The number of hydrogen-bond acceptors (Lipinski definition) is 6. The van der Waals surface area contributed by atoms with Gasteiger partial charge in [0.2, 0.25) is 5.82 Å². The molecule has 2 N–H and O–H groups in total. The third kappa shape index (κ3) is 3.45. The van der Waals surface area contributed by atoms with Crippen molar-refractivity contribution >= 4 is 28.7 Å². The molecular formula is C13H16N4O2S. The predicted octanol–water partition coefficient (Wildman–Crippen LogP) is 3.14. The summed E-state index contributed by atoms with van der Waals surface area (Å²) in [6.45, 7) is 1.98. The van der Waals surface area contributed by atoms with Crippen molar-refractivity contribution in [3.05, 3.63) is 44.6 Å². The van der Waals surface area contributed by atoms with Crippen molar-refractivity contribution in [2.75, 3.05) is 17.7 Å². The number of nitrogens with zero attached hydrogens (tertiary/aromatic N) is 2. The summed E-state index contributed by atoms with van der Waals surface area (Å²) in [6, 6.07) is 7.16. The summed E-state index contributed by atoms with van der Waals surface area (Å²) in [5.74, 6) is 0.896. The van der Waals surface area contributed by atoms with Crippen LogP contribution in [0.15, 0.2) is 29.6 Å². The molecule has 0 aliphatic rings. The quantitative estimate of drug-likeness (QED) is 0.631. The van der Waals surface area contributed by atoms with E-state index < -0.39 is 4.92 Å². The van der Waals surface area contributed by atoms with E-state index in [4.69, 9.17) is 0 Å². The molecule has 2 aromatic heterocycles. The van der Waals surface area contributed by atoms with Gasteiger partial charge in [0.05, 0.1) is 4.92 Å². The highest BCUT2D eigenvalue weighted by Crippen LogP contribution is 2.25. The number of hydrogen-bond donors (Lipinski definition) is 2. The highest BCUT2D eigenvalue weighted by Gasteiger charge is 2.17. The van der Waals surface area contributed by atoms with Crippen LogP contribution >= 0.6 is 11.3 Å². The van der Waals surface area contributed by atoms with Gasteiger partial charge in [0.15, 0.2) is 0 Å². The Hall–Kier alpha value is -2.15. The van der Waals surface area contributed by atoms with Gasteiger partial charge in [0.25, 0.3) is 0 Å². The number of nitrogens with one attached hydrogen (secondary N) is 2. The van der Waals surface area contributed by atoms with Gasteiger partial charge in [-0.3, -0.25) is 10.1 Å². The van der Waals surface area contributed by atoms with Crippen LogP contribution in [0.5, 0.6) is 0 Å². The van der Waals surface area contributed by atoms with Crippen LogP contribution in [-0.2, 0) is 6.42 Å². The van der Waals surface area contributed by atoms with Gasteiger partial charge in [-0.15, -0.1) is 11.3 Å². The first-order chi connectivity index (χ1) is 9.60. The summed E-state index contributed by atoms with van der Waals surface area (Å²) in [4.78, 5) is 16.1. The number of nitro groups is 1. The Morgan fingerprint density at radius 1 is 1.45 bits per heavy atom. The van der Waals surface area contributed by atoms with Crippen LogP contribution in [0.3, 0.4) is 0 Å². The summed E-state index contributed by atoms with van der Waals surface area (Å²) >= 11 is 1.67. The minimum absolute atomic E-state index is 0.0120. The third-order valence-electron chi connectivity index (χ3n) is 2.80. The van der Waals surface area contributed by atoms with Crippen molar-refractivity contribution in [2.24, 2.45) is 0 Å². The molecule has 0 amide bonds. The second-order valence-electron chi connectivity index (χ2n) is 4.40. The number of rotatable bonds is 6. The number of anilines is 2. The minimum atomic E-state index is -0.424. The van der Waals surface area contributed by atoms with Gasteiger partial charge in [-0.05, 0) is 24.4 Å². The Morgan fingerprint density at radius 2 is 2.25 bits per heavy atom. The van der Waals surface area contributed by atoms with E-state index in [-0.39, 0.29) is 11.7 Å². The highest BCUT2D eigenvalue weighted by molar-refractivity contribution is 7.09. The molecule has 2 rings (SSSR count). The average molecular weight is 292 g/mol. The van der Waals surface area contributed by atoms with Crippen LogP contribution in [0.1, 0.15) is 11.8 Å². The molecule has 0 aliphatic carbocycles. The smallest absolute Gasteiger partial charge is 0.311 e. The summed E-state index contributed by atoms with van der Waals surface area (Å²) < 4.78 is 0. The normalized spacial score (nSPS) is 11.9. The summed E-state index contributed by atoms with van der Waals surface area (Å²) in [5.41, 5.74) is -0.0120. The molecule has 0 fully saturated rings. The molecule has 2 heterocycles. The van der Waals surface area contributed by atoms with Crippen LogP contribution in [0.4, 0.5) is 17.3 Å². The standard InChI is InChI=1S/C13H16N4O2S/c1-9(8-10-4-3-7-20-10)15-13-11(17(18)19)5-6-12(14-2)16-13/h3-7,9H,8H2,1-2H3,(H2,14,15,16). The topological polar surface area (TPSA) is 80.1 Å². The predicted molar refractivity (Wildman–Crippen MR) is 81.5 cm³/mol. The first-order valence-corrected chi connectivity index (χ1v) is 7.10. The minimum Gasteiger partial charge on any atom is -0.373 e. The molecule has 106 valence electrons. The van der Waals surface area contributed by atoms with Crippen molar-refractivity contribution < 1.29 is 4.92 Å². The Morgan fingerprint density at radius 3 is 2.85 bits per heavy atom. The van der Waals surface area contributed by atoms with E-state index >= 15 is 0 Å². The third-order valence-corrected chi connectivity index (χ3v) is 3.70. The molecule has 0 radical (unpaired) electrons. The number of aromatic nitrogens is 1. The lowest BCUT2D eigenvalue weighted by molar-refractivity contribution is -0.384. The lowest BCUT2D eigenvalue weighted by atomic mass is 10.2. The molecule has 0 spiro atoms. The van der Waals surface area contributed by atoms with Gasteiger partial charge >= 0.3 is 5.69 Å². The zero-order valence-corrected chi connectivity index (χ0v) is 12.1. The highest BCUT2D eigenvalue weighted by atomic mass is 32.1. The monoisotopic (exact) mass is 292 g/mol. The van der Waals surface area contributed by atoms with Crippen molar-refractivity contribution in [1.29, 1.82) is 0 Å². The van der Waals surface area contributed by atoms with Crippen molar-refractivity contribution in [1.82, 2.24) is 4.98 Å². The molecule has 1 unspecified atom stereocenters. The maximum atomic E-state index is 11.0. The first-order valence-electron chi connectivity index (χ1n) is 6.22. The average Bonchev–Trinajstić information content (AvgIpc) is 2.90. The van der Waals surface area contributed by atoms with E-state index in [1.54, 1.807) is 24.5 Å². The molecule has 0 aliphatic heterocycles. The van der Waals surface area contributed by atoms with Gasteiger partial charge in [-0.25, -0.2) is 4.98 Å². The van der Waals surface area contributed by atoms with Crippen molar-refractivity contribution in [3.8, 4) is 0 Å². The van der Waals surface area contributed by atoms with Crippen LogP contribution in [0, 0.1) is 10.1 Å². The van der Waals surface area contributed by atoms with Crippen molar-refractivity contribution in [2.45, 2.75) is 19.4 Å². The number of thiophene rings is 1. The Labute approximate surface area is 121 Å². The lowest BCUT2D eigenvalue weighted by Gasteiger charge is -2.14. The van der Waals surface area contributed by atoms with E-state index in [1.165, 1.54) is 10.9 Å². The Balaban J connectivity index is 2.16. The van der Waals surface area contributed by atoms with E-state index in [1.807, 2.05) is 18.4 Å². The molecule has 0 aromatic carbocycles. The molecular weight excluding hydrogens is 276 g/mol. The van der Waals surface area contributed by atoms with Crippen LogP contribution in [0.25, 0.3) is 0 Å². The fourth-order valence-electron chi connectivity index (χ4n) is 1.86. The lowest BCUT2D eigenvalue weighted by Crippen LogP contribution is -2.19. The fourth-order valence-corrected chi connectivity index (χ4v) is 2.69. The van der Waals surface area contributed by atoms with E-state index in [2.05, 4.69) is 21.7 Å². The van der Waals surface area contributed by atoms with Crippen LogP contribution < -0.4 is 10.6 Å². The van der Waals surface area contributed by atoms with E-state index in [0.717, 1.165) is 6.42 Å². The maximum absolute atomic E-state index is 11.0. The fraction of sp³-hybridized carbons (Fsp3) is 0.308. The van der Waals surface area contributed by atoms with Crippen LogP contribution in [-0.4, -0.2) is 23.0 Å². The molecule has 6 nitrogen and oxygen atoms in total. The second kappa shape index (κ2) is 6.33. The van der Waals surface area contributed by atoms with Gasteiger partial charge < -0.3 is 10.6 Å². The summed E-state index contributed by atoms with van der Waals surface area (Å²) in [6.07, 6.45) is 0.806. The SMILES string of the molecule is CNc1ccc([N+](=O)[O-])c(NC(C)Cc2cccs2)n1. The van der Waals surface area contributed by atoms with E-state index in [0.29, 0.717) is 11.6 Å². The largest absolute Gasteiger partial charge is 0.373 e. The molecule has 1 atom stereocenters. The second-order valence-corrected chi connectivity index (χ2v) is 5.43. The van der Waals surface area contributed by atoms with Gasteiger partial charge in [0.1, 0.15) is 5.82 Å². The zero-order chi connectivity index (χ0) is 14.5. The van der Waals surface area contributed by atoms with Gasteiger partial charge in [-0.1, -0.05) is 6.07 Å². The van der Waals surface area contributed by atoms with Gasteiger partial charge in [-0.2, -0.15) is 0 Å². The molecule has 2 aromatic rings. The van der Waals surface area contributed by atoms with Gasteiger partial charge in [0, 0.05) is 30.5 Å². The number of pyridine rings is 1. The Kier molecular flexibility index (Phi) is 4.52. The van der Waals surface area contributed by atoms with Crippen molar-refractivity contribution in [3.63, 3.8) is 0 Å². The molecule has 20 heavy (non-hydrogen) atoms. The molecule has 0 bridgehead atoms. The molecule has 0 saturated heterocycles. The molecule has 0 saturated carbocycles.